The smallest absolute Gasteiger partial charge is 0.269 e. The molecule has 0 fully saturated rings. The molecule has 18 heavy (non-hydrogen) atoms. The second-order valence-corrected chi connectivity index (χ2v) is 3.81. The van der Waals surface area contributed by atoms with Crippen LogP contribution in [-0.4, -0.2) is 24.6 Å². The summed E-state index contributed by atoms with van der Waals surface area (Å²) in [4.78, 5) is 10.1. The van der Waals surface area contributed by atoms with Crippen molar-refractivity contribution in [2.45, 2.75) is 19.4 Å². The number of nitriles is 1. The monoisotopic (exact) mass is 249 g/mol. The molecule has 0 amide bonds. The highest BCUT2D eigenvalue weighted by Gasteiger charge is 2.09. The largest absolute Gasteiger partial charge is 0.493 e. The van der Waals surface area contributed by atoms with Crippen LogP contribution in [0.25, 0.3) is 0 Å². The molecular weight excluding hydrogens is 234 g/mol. The maximum absolute atomic E-state index is 10.6. The van der Waals surface area contributed by atoms with Crippen molar-refractivity contribution in [3.05, 3.63) is 33.9 Å². The van der Waals surface area contributed by atoms with Gasteiger partial charge >= 0.3 is 0 Å². The molecule has 0 aliphatic rings. The Balaban J connectivity index is 2.58. The molecule has 1 atom stereocenters. The highest BCUT2D eigenvalue weighted by atomic mass is 16.6. The molecule has 1 aromatic carbocycles. The quantitative estimate of drug-likeness (QED) is 0.613. The first-order chi connectivity index (χ1) is 8.58. The van der Waals surface area contributed by atoms with Gasteiger partial charge in [0.2, 0.25) is 0 Å². The third kappa shape index (κ3) is 3.71. The lowest BCUT2D eigenvalue weighted by atomic mass is 10.2. The van der Waals surface area contributed by atoms with Gasteiger partial charge in [0.15, 0.2) is 0 Å². The van der Waals surface area contributed by atoms with Gasteiger partial charge in [0.1, 0.15) is 5.75 Å². The van der Waals surface area contributed by atoms with Crippen LogP contribution in [0.15, 0.2) is 18.2 Å². The van der Waals surface area contributed by atoms with Crippen molar-refractivity contribution in [2.75, 3.05) is 13.7 Å². The van der Waals surface area contributed by atoms with Gasteiger partial charge in [-0.15, -0.1) is 0 Å². The Bertz CT molecular complexity index is 468. The van der Waals surface area contributed by atoms with E-state index in [0.717, 1.165) is 0 Å². The molecule has 96 valence electrons. The van der Waals surface area contributed by atoms with Gasteiger partial charge in [0.05, 0.1) is 23.6 Å². The van der Waals surface area contributed by atoms with Gasteiger partial charge in [-0.2, -0.15) is 5.26 Å². The number of nitro groups is 1. The number of nitrogens with one attached hydrogen (secondary N) is 1. The van der Waals surface area contributed by atoms with E-state index in [4.69, 9.17) is 10.00 Å². The first-order valence-electron chi connectivity index (χ1n) is 5.53. The van der Waals surface area contributed by atoms with Crippen molar-refractivity contribution < 1.29 is 9.66 Å². The fourth-order valence-corrected chi connectivity index (χ4v) is 1.47. The number of aryl methyl sites for hydroxylation is 1. The van der Waals surface area contributed by atoms with Gasteiger partial charge < -0.3 is 10.1 Å². The second-order valence-electron chi connectivity index (χ2n) is 3.81. The lowest BCUT2D eigenvalue weighted by Crippen LogP contribution is -2.25. The summed E-state index contributed by atoms with van der Waals surface area (Å²) < 4.78 is 5.49. The average molecular weight is 249 g/mol. The third-order valence-electron chi connectivity index (χ3n) is 2.54. The first-order valence-corrected chi connectivity index (χ1v) is 5.53. The van der Waals surface area contributed by atoms with Crippen LogP contribution in [0.4, 0.5) is 5.69 Å². The molecule has 0 saturated carbocycles. The van der Waals surface area contributed by atoms with Gasteiger partial charge in [-0.3, -0.25) is 10.1 Å². The van der Waals surface area contributed by atoms with E-state index >= 15 is 0 Å². The summed E-state index contributed by atoms with van der Waals surface area (Å²) in [6, 6.07) is 6.30. The molecule has 0 spiro atoms. The summed E-state index contributed by atoms with van der Waals surface area (Å²) in [6.45, 7) is 2.14. The third-order valence-corrected chi connectivity index (χ3v) is 2.54. The fraction of sp³-hybridized carbons (Fsp3) is 0.417. The minimum absolute atomic E-state index is 0.0463. The predicted molar refractivity (Wildman–Crippen MR) is 66.4 cm³/mol. The lowest BCUT2D eigenvalue weighted by molar-refractivity contribution is -0.384. The number of nitro benzene ring substituents is 1. The molecule has 1 rings (SSSR count). The molecule has 0 bridgehead atoms. The molecule has 1 aromatic rings. The Kier molecular flexibility index (Phi) is 5.08. The number of ether oxygens (including phenoxy) is 1. The summed E-state index contributed by atoms with van der Waals surface area (Å²) in [7, 11) is 1.71. The zero-order valence-electron chi connectivity index (χ0n) is 10.3. The van der Waals surface area contributed by atoms with E-state index in [-0.39, 0.29) is 11.7 Å². The van der Waals surface area contributed by atoms with E-state index < -0.39 is 4.92 Å². The summed E-state index contributed by atoms with van der Waals surface area (Å²) in [5.74, 6) is 0.605. The topological polar surface area (TPSA) is 88.2 Å². The Morgan fingerprint density at radius 3 is 2.83 bits per heavy atom. The molecule has 0 aliphatic heterocycles. The summed E-state index contributed by atoms with van der Waals surface area (Å²) >= 11 is 0. The minimum Gasteiger partial charge on any atom is -0.493 e. The molecule has 1 unspecified atom stereocenters. The number of rotatable bonds is 6. The molecule has 0 heterocycles. The summed E-state index contributed by atoms with van der Waals surface area (Å²) in [5, 5.41) is 22.1. The summed E-state index contributed by atoms with van der Waals surface area (Å²) in [5.41, 5.74) is 0.757. The van der Waals surface area contributed by atoms with Crippen LogP contribution in [0.2, 0.25) is 0 Å². The van der Waals surface area contributed by atoms with E-state index in [2.05, 4.69) is 11.4 Å². The van der Waals surface area contributed by atoms with E-state index in [0.29, 0.717) is 24.3 Å². The average Bonchev–Trinajstić information content (AvgIpc) is 2.36. The van der Waals surface area contributed by atoms with E-state index in [1.807, 2.05) is 0 Å². The van der Waals surface area contributed by atoms with Crippen molar-refractivity contribution >= 4 is 5.69 Å². The molecule has 6 nitrogen and oxygen atoms in total. The first kappa shape index (κ1) is 13.9. The lowest BCUT2D eigenvalue weighted by Gasteiger charge is -2.11. The van der Waals surface area contributed by atoms with Crippen LogP contribution in [-0.2, 0) is 0 Å². The minimum atomic E-state index is -0.441. The van der Waals surface area contributed by atoms with Gasteiger partial charge in [0, 0.05) is 18.6 Å². The van der Waals surface area contributed by atoms with Crippen LogP contribution in [0.5, 0.6) is 5.75 Å². The zero-order chi connectivity index (χ0) is 13.5. The molecule has 0 aromatic heterocycles. The standard InChI is InChI=1S/C12H15N3O3/c1-9-7-11(15(16)17)3-4-12(9)18-6-5-10(8-13)14-2/h3-4,7,10,14H,5-6H2,1-2H3. The van der Waals surface area contributed by atoms with E-state index in [1.54, 1.807) is 20.0 Å². The van der Waals surface area contributed by atoms with Gasteiger partial charge in [-0.1, -0.05) is 0 Å². The number of hydrogen-bond acceptors (Lipinski definition) is 5. The van der Waals surface area contributed by atoms with Gasteiger partial charge in [-0.05, 0) is 25.6 Å². The molecule has 1 N–H and O–H groups in total. The molecule has 0 radical (unpaired) electrons. The highest BCUT2D eigenvalue weighted by Crippen LogP contribution is 2.23. The molecule has 6 heteroatoms. The van der Waals surface area contributed by atoms with Crippen molar-refractivity contribution in [2.24, 2.45) is 0 Å². The Morgan fingerprint density at radius 2 is 2.33 bits per heavy atom. The Labute approximate surface area is 105 Å². The summed E-state index contributed by atoms with van der Waals surface area (Å²) in [6.07, 6.45) is 0.559. The second kappa shape index (κ2) is 6.57. The van der Waals surface area contributed by atoms with Crippen molar-refractivity contribution in [1.82, 2.24) is 5.32 Å². The van der Waals surface area contributed by atoms with Crippen LogP contribution >= 0.6 is 0 Å². The predicted octanol–water partition coefficient (Wildman–Crippen LogP) is 1.78. The number of benzene rings is 1. The van der Waals surface area contributed by atoms with Gasteiger partial charge in [0.25, 0.3) is 5.69 Å². The SMILES string of the molecule is CNC(C#N)CCOc1ccc([N+](=O)[O-])cc1C. The van der Waals surface area contributed by atoms with Crippen LogP contribution in [0, 0.1) is 28.4 Å². The fourth-order valence-electron chi connectivity index (χ4n) is 1.47. The molecule has 0 saturated heterocycles. The normalized spacial score (nSPS) is 11.6. The maximum Gasteiger partial charge on any atom is 0.269 e. The van der Waals surface area contributed by atoms with Crippen LogP contribution < -0.4 is 10.1 Å². The van der Waals surface area contributed by atoms with Crippen molar-refractivity contribution in [3.8, 4) is 11.8 Å². The highest BCUT2D eigenvalue weighted by molar-refractivity contribution is 5.42. The van der Waals surface area contributed by atoms with E-state index in [1.165, 1.54) is 12.1 Å². The zero-order valence-corrected chi connectivity index (χ0v) is 10.3. The van der Waals surface area contributed by atoms with Crippen LogP contribution in [0.1, 0.15) is 12.0 Å². The van der Waals surface area contributed by atoms with E-state index in [9.17, 15) is 10.1 Å². The van der Waals surface area contributed by atoms with Crippen molar-refractivity contribution in [1.29, 1.82) is 5.26 Å². The molecular formula is C12H15N3O3. The maximum atomic E-state index is 10.6. The number of non-ortho nitro benzene ring substituents is 1. The Morgan fingerprint density at radius 1 is 1.61 bits per heavy atom. The number of nitrogens with zero attached hydrogens (tertiary/aromatic N) is 2. The van der Waals surface area contributed by atoms with Crippen molar-refractivity contribution in [3.63, 3.8) is 0 Å². The Hall–Kier alpha value is -2.13. The van der Waals surface area contributed by atoms with Gasteiger partial charge in [-0.25, -0.2) is 0 Å². The number of hydrogen-bond donors (Lipinski definition) is 1. The van der Waals surface area contributed by atoms with Crippen LogP contribution in [0.3, 0.4) is 0 Å². The molecule has 0 aliphatic carbocycles.